The van der Waals surface area contributed by atoms with Crippen molar-refractivity contribution in [3.8, 4) is 0 Å². The average molecular weight is 330 g/mol. The largest absolute Gasteiger partial charge is 0.309 e. The molecule has 1 aromatic heterocycles. The van der Waals surface area contributed by atoms with Crippen molar-refractivity contribution >= 4 is 27.3 Å². The smallest absolute Gasteiger partial charge is 0.0302 e. The van der Waals surface area contributed by atoms with Crippen LogP contribution in [0.4, 0.5) is 0 Å². The molecule has 0 bridgehead atoms. The molecule has 18 heavy (non-hydrogen) atoms. The second-order valence-electron chi connectivity index (χ2n) is 7.22. The quantitative estimate of drug-likeness (QED) is 0.803. The molecule has 1 aliphatic carbocycles. The van der Waals surface area contributed by atoms with Crippen molar-refractivity contribution < 1.29 is 0 Å². The fourth-order valence-corrected chi connectivity index (χ4v) is 5.08. The number of thiophene rings is 1. The Labute approximate surface area is 123 Å². The van der Waals surface area contributed by atoms with Gasteiger partial charge in [0.05, 0.1) is 0 Å². The zero-order chi connectivity index (χ0) is 13.4. The van der Waals surface area contributed by atoms with Crippen molar-refractivity contribution in [3.63, 3.8) is 0 Å². The van der Waals surface area contributed by atoms with E-state index in [0.717, 1.165) is 6.54 Å². The third kappa shape index (κ3) is 4.07. The molecule has 1 aliphatic rings. The van der Waals surface area contributed by atoms with E-state index in [1.165, 1.54) is 28.6 Å². The Morgan fingerprint density at radius 1 is 1.28 bits per heavy atom. The summed E-state index contributed by atoms with van der Waals surface area (Å²) in [6, 6.07) is 2.88. The Hall–Kier alpha value is 0.140. The summed E-state index contributed by atoms with van der Waals surface area (Å²) in [5, 5.41) is 5.91. The molecule has 1 nitrogen and oxygen atoms in total. The molecule has 1 fully saturated rings. The molecule has 3 heteroatoms. The summed E-state index contributed by atoms with van der Waals surface area (Å²) in [5.41, 5.74) is 0.935. The Morgan fingerprint density at radius 3 is 2.39 bits per heavy atom. The predicted molar refractivity (Wildman–Crippen MR) is 84.1 cm³/mol. The number of halogens is 1. The molecular weight excluding hydrogens is 306 g/mol. The van der Waals surface area contributed by atoms with Crippen LogP contribution < -0.4 is 5.32 Å². The summed E-state index contributed by atoms with van der Waals surface area (Å²) in [4.78, 5) is 1.42. The van der Waals surface area contributed by atoms with E-state index in [1.54, 1.807) is 0 Å². The normalized spacial score (nSPS) is 23.2. The summed E-state index contributed by atoms with van der Waals surface area (Å²) in [7, 11) is 0. The van der Waals surface area contributed by atoms with Crippen molar-refractivity contribution in [2.75, 3.05) is 0 Å². The number of rotatable bonds is 3. The van der Waals surface area contributed by atoms with Crippen molar-refractivity contribution in [2.24, 2.45) is 10.8 Å². The highest BCUT2D eigenvalue weighted by Crippen LogP contribution is 2.45. The summed E-state index contributed by atoms with van der Waals surface area (Å²) >= 11 is 5.35. The number of hydrogen-bond acceptors (Lipinski definition) is 2. The van der Waals surface area contributed by atoms with Crippen molar-refractivity contribution in [1.29, 1.82) is 0 Å². The van der Waals surface area contributed by atoms with Crippen LogP contribution in [0.3, 0.4) is 0 Å². The second-order valence-corrected chi connectivity index (χ2v) is 9.13. The van der Waals surface area contributed by atoms with Gasteiger partial charge in [0.2, 0.25) is 0 Å². The lowest BCUT2D eigenvalue weighted by Crippen LogP contribution is -2.43. The van der Waals surface area contributed by atoms with Gasteiger partial charge in [-0.25, -0.2) is 0 Å². The fourth-order valence-electron chi connectivity index (χ4n) is 3.68. The molecule has 0 radical (unpaired) electrons. The predicted octanol–water partition coefficient (Wildman–Crippen LogP) is 5.21. The first-order chi connectivity index (χ1) is 8.26. The third-order valence-electron chi connectivity index (χ3n) is 3.74. The van der Waals surface area contributed by atoms with Crippen LogP contribution in [0.15, 0.2) is 15.9 Å². The Kier molecular flexibility index (Phi) is 4.25. The average Bonchev–Trinajstić information content (AvgIpc) is 2.56. The van der Waals surface area contributed by atoms with Gasteiger partial charge in [-0.15, -0.1) is 11.3 Å². The highest BCUT2D eigenvalue weighted by atomic mass is 79.9. The Bertz CT molecular complexity index is 392. The zero-order valence-electron chi connectivity index (χ0n) is 11.8. The lowest BCUT2D eigenvalue weighted by atomic mass is 9.63. The zero-order valence-corrected chi connectivity index (χ0v) is 14.2. The molecule has 0 atom stereocenters. The minimum Gasteiger partial charge on any atom is -0.309 e. The second kappa shape index (κ2) is 5.26. The molecule has 1 saturated carbocycles. The van der Waals surface area contributed by atoms with Gasteiger partial charge in [-0.3, -0.25) is 0 Å². The molecular formula is C15H24BrNS. The topological polar surface area (TPSA) is 12.0 Å². The standard InChI is InChI=1S/C15H24BrNS/c1-14(2)6-12(7-15(3,4)10-14)17-8-13-5-11(16)9-18-13/h5,9,12,17H,6-8,10H2,1-4H3. The van der Waals surface area contributed by atoms with E-state index in [0.29, 0.717) is 16.9 Å². The molecule has 0 unspecified atom stereocenters. The van der Waals surface area contributed by atoms with E-state index in [9.17, 15) is 0 Å². The minimum atomic E-state index is 0.468. The minimum absolute atomic E-state index is 0.468. The van der Waals surface area contributed by atoms with Crippen LogP contribution in [0, 0.1) is 10.8 Å². The SMILES string of the molecule is CC1(C)CC(NCc2cc(Br)cs2)CC(C)(C)C1. The summed E-state index contributed by atoms with van der Waals surface area (Å²) in [5.74, 6) is 0. The van der Waals surface area contributed by atoms with Crippen LogP contribution in [0.2, 0.25) is 0 Å². The van der Waals surface area contributed by atoms with Crippen LogP contribution in [0.1, 0.15) is 51.8 Å². The molecule has 2 rings (SSSR count). The third-order valence-corrected chi connectivity index (χ3v) is 5.44. The first-order valence-corrected chi connectivity index (χ1v) is 8.39. The Balaban J connectivity index is 1.93. The first-order valence-electron chi connectivity index (χ1n) is 6.72. The summed E-state index contributed by atoms with van der Waals surface area (Å²) < 4.78 is 1.20. The number of hydrogen-bond donors (Lipinski definition) is 1. The highest BCUT2D eigenvalue weighted by molar-refractivity contribution is 9.10. The summed E-state index contributed by atoms with van der Waals surface area (Å²) in [6.07, 6.45) is 3.93. The molecule has 1 heterocycles. The lowest BCUT2D eigenvalue weighted by molar-refractivity contribution is 0.0846. The fraction of sp³-hybridized carbons (Fsp3) is 0.733. The van der Waals surface area contributed by atoms with Gasteiger partial charge in [-0.2, -0.15) is 0 Å². The van der Waals surface area contributed by atoms with Gasteiger partial charge < -0.3 is 5.32 Å². The van der Waals surface area contributed by atoms with Gasteiger partial charge in [-0.1, -0.05) is 27.7 Å². The van der Waals surface area contributed by atoms with Crippen LogP contribution in [0.25, 0.3) is 0 Å². The van der Waals surface area contributed by atoms with E-state index in [4.69, 9.17) is 0 Å². The lowest BCUT2D eigenvalue weighted by Gasteiger charge is -2.45. The maximum atomic E-state index is 3.75. The van der Waals surface area contributed by atoms with Crippen molar-refractivity contribution in [1.82, 2.24) is 5.32 Å². The van der Waals surface area contributed by atoms with E-state index >= 15 is 0 Å². The van der Waals surface area contributed by atoms with Crippen LogP contribution in [-0.4, -0.2) is 6.04 Å². The van der Waals surface area contributed by atoms with Crippen molar-refractivity contribution in [2.45, 2.75) is 59.5 Å². The molecule has 102 valence electrons. The van der Waals surface area contributed by atoms with Gasteiger partial charge in [0.1, 0.15) is 0 Å². The maximum absolute atomic E-state index is 3.75. The van der Waals surface area contributed by atoms with Gasteiger partial charge in [0.15, 0.2) is 0 Å². The molecule has 0 saturated heterocycles. The van der Waals surface area contributed by atoms with E-state index < -0.39 is 0 Å². The van der Waals surface area contributed by atoms with E-state index in [2.05, 4.69) is 60.4 Å². The molecule has 1 aromatic rings. The first kappa shape index (κ1) is 14.5. The van der Waals surface area contributed by atoms with Crippen molar-refractivity contribution in [3.05, 3.63) is 20.8 Å². The maximum Gasteiger partial charge on any atom is 0.0302 e. The van der Waals surface area contributed by atoms with Gasteiger partial charge in [0.25, 0.3) is 0 Å². The highest BCUT2D eigenvalue weighted by Gasteiger charge is 2.38. The van der Waals surface area contributed by atoms with Gasteiger partial charge in [0, 0.05) is 27.3 Å². The molecule has 0 spiro atoms. The Morgan fingerprint density at radius 2 is 1.89 bits per heavy atom. The van der Waals surface area contributed by atoms with Gasteiger partial charge >= 0.3 is 0 Å². The van der Waals surface area contributed by atoms with E-state index in [1.807, 2.05) is 11.3 Å². The van der Waals surface area contributed by atoms with E-state index in [-0.39, 0.29) is 0 Å². The van der Waals surface area contributed by atoms with Gasteiger partial charge in [-0.05, 0) is 52.1 Å². The molecule has 0 aliphatic heterocycles. The molecule has 0 amide bonds. The molecule has 0 aromatic carbocycles. The monoisotopic (exact) mass is 329 g/mol. The van der Waals surface area contributed by atoms with Crippen LogP contribution in [-0.2, 0) is 6.54 Å². The van der Waals surface area contributed by atoms with Crippen LogP contribution >= 0.6 is 27.3 Å². The van der Waals surface area contributed by atoms with Crippen LogP contribution in [0.5, 0.6) is 0 Å². The summed E-state index contributed by atoms with van der Waals surface area (Å²) in [6.45, 7) is 10.6. The number of nitrogens with one attached hydrogen (secondary N) is 1. The molecule has 1 N–H and O–H groups in total.